The Labute approximate surface area is 121 Å². The first kappa shape index (κ1) is 14.9. The van der Waals surface area contributed by atoms with Gasteiger partial charge in [0.15, 0.2) is 11.6 Å². The third-order valence-corrected chi connectivity index (χ3v) is 3.90. The Morgan fingerprint density at radius 3 is 2.55 bits per heavy atom. The lowest BCUT2D eigenvalue weighted by atomic mass is 10.1. The molecule has 1 aliphatic carbocycles. The van der Waals surface area contributed by atoms with Crippen LogP contribution in [0.2, 0.25) is 0 Å². The van der Waals surface area contributed by atoms with E-state index in [0.29, 0.717) is 11.7 Å². The molecule has 0 spiro atoms. The van der Waals surface area contributed by atoms with Gasteiger partial charge in [-0.25, -0.2) is 9.97 Å². The summed E-state index contributed by atoms with van der Waals surface area (Å²) in [4.78, 5) is 8.54. The van der Waals surface area contributed by atoms with Gasteiger partial charge < -0.3 is 16.4 Å². The molecule has 0 aliphatic heterocycles. The summed E-state index contributed by atoms with van der Waals surface area (Å²) < 4.78 is 0. The van der Waals surface area contributed by atoms with Crippen LogP contribution in [0.25, 0.3) is 0 Å². The molecule has 20 heavy (non-hydrogen) atoms. The van der Waals surface area contributed by atoms with Crippen LogP contribution in [0.1, 0.15) is 58.3 Å². The van der Waals surface area contributed by atoms with E-state index < -0.39 is 0 Å². The fraction of sp³-hybridized carbons (Fsp3) is 0.733. The third kappa shape index (κ3) is 4.25. The van der Waals surface area contributed by atoms with Crippen LogP contribution in [0.4, 0.5) is 17.3 Å². The Morgan fingerprint density at radius 1 is 1.15 bits per heavy atom. The lowest BCUT2D eigenvalue weighted by Gasteiger charge is -2.19. The van der Waals surface area contributed by atoms with Crippen LogP contribution in [-0.4, -0.2) is 22.6 Å². The number of nitrogens with two attached hydrogens (primary N) is 1. The van der Waals surface area contributed by atoms with Crippen LogP contribution in [-0.2, 0) is 0 Å². The molecule has 0 radical (unpaired) electrons. The predicted molar refractivity (Wildman–Crippen MR) is 85.0 cm³/mol. The Balaban J connectivity index is 1.98. The largest absolute Gasteiger partial charge is 0.393 e. The van der Waals surface area contributed by atoms with Crippen molar-refractivity contribution in [3.63, 3.8) is 0 Å². The SMILES string of the molecule is CCCCNc1ncnc(NC2CCCCCC2)c1N. The molecule has 0 saturated heterocycles. The monoisotopic (exact) mass is 277 g/mol. The van der Waals surface area contributed by atoms with Crippen molar-refractivity contribution < 1.29 is 0 Å². The van der Waals surface area contributed by atoms with Crippen molar-refractivity contribution in [2.24, 2.45) is 0 Å². The van der Waals surface area contributed by atoms with Gasteiger partial charge in [-0.3, -0.25) is 0 Å². The molecule has 1 aliphatic rings. The molecule has 0 bridgehead atoms. The van der Waals surface area contributed by atoms with Crippen LogP contribution in [0.5, 0.6) is 0 Å². The summed E-state index contributed by atoms with van der Waals surface area (Å²) in [5.41, 5.74) is 6.82. The molecule has 1 fully saturated rings. The summed E-state index contributed by atoms with van der Waals surface area (Å²) in [7, 11) is 0. The highest BCUT2D eigenvalue weighted by Gasteiger charge is 2.15. The Hall–Kier alpha value is -1.52. The number of hydrogen-bond donors (Lipinski definition) is 3. The van der Waals surface area contributed by atoms with Crippen LogP contribution in [0.15, 0.2) is 6.33 Å². The summed E-state index contributed by atoms with van der Waals surface area (Å²) in [5, 5.41) is 6.79. The average Bonchev–Trinajstić information content (AvgIpc) is 2.72. The zero-order valence-electron chi connectivity index (χ0n) is 12.5. The molecular weight excluding hydrogens is 250 g/mol. The molecule has 4 N–H and O–H groups in total. The summed E-state index contributed by atoms with van der Waals surface area (Å²) in [5.74, 6) is 1.54. The second kappa shape index (κ2) is 7.92. The summed E-state index contributed by atoms with van der Waals surface area (Å²) in [6.07, 6.45) is 11.6. The van der Waals surface area contributed by atoms with Crippen molar-refractivity contribution in [2.45, 2.75) is 64.3 Å². The molecular formula is C15H27N5. The van der Waals surface area contributed by atoms with Crippen LogP contribution in [0.3, 0.4) is 0 Å². The van der Waals surface area contributed by atoms with Crippen molar-refractivity contribution in [1.82, 2.24) is 9.97 Å². The minimum atomic E-state index is 0.498. The fourth-order valence-electron chi connectivity index (χ4n) is 2.65. The normalized spacial score (nSPS) is 16.6. The molecule has 5 heteroatoms. The minimum Gasteiger partial charge on any atom is -0.393 e. The lowest BCUT2D eigenvalue weighted by Crippen LogP contribution is -2.20. The number of anilines is 3. The molecule has 1 heterocycles. The molecule has 0 amide bonds. The third-order valence-electron chi connectivity index (χ3n) is 3.90. The molecule has 0 atom stereocenters. The maximum absolute atomic E-state index is 6.17. The van der Waals surface area contributed by atoms with Gasteiger partial charge in [0.05, 0.1) is 0 Å². The summed E-state index contributed by atoms with van der Waals surface area (Å²) in [6.45, 7) is 3.07. The summed E-state index contributed by atoms with van der Waals surface area (Å²) in [6, 6.07) is 0.498. The van der Waals surface area contributed by atoms with Crippen LogP contribution < -0.4 is 16.4 Å². The van der Waals surface area contributed by atoms with Gasteiger partial charge >= 0.3 is 0 Å². The first-order chi connectivity index (χ1) is 9.81. The zero-order valence-corrected chi connectivity index (χ0v) is 12.5. The number of nitrogen functional groups attached to an aromatic ring is 1. The maximum Gasteiger partial charge on any atom is 0.155 e. The van der Waals surface area contributed by atoms with Gasteiger partial charge in [0.1, 0.15) is 12.0 Å². The Kier molecular flexibility index (Phi) is 5.89. The maximum atomic E-state index is 6.17. The van der Waals surface area contributed by atoms with Crippen molar-refractivity contribution in [1.29, 1.82) is 0 Å². The quantitative estimate of drug-likeness (QED) is 0.549. The van der Waals surface area contributed by atoms with Crippen molar-refractivity contribution >= 4 is 17.3 Å². The predicted octanol–water partition coefficient (Wildman–Crippen LogP) is 3.41. The number of unbranched alkanes of at least 4 members (excludes halogenated alkanes) is 1. The van der Waals surface area contributed by atoms with E-state index in [2.05, 4.69) is 27.5 Å². The highest BCUT2D eigenvalue weighted by atomic mass is 15.1. The first-order valence-corrected chi connectivity index (χ1v) is 7.92. The highest BCUT2D eigenvalue weighted by molar-refractivity contribution is 5.74. The van der Waals surface area contributed by atoms with Gasteiger partial charge in [0.25, 0.3) is 0 Å². The van der Waals surface area contributed by atoms with Crippen LogP contribution >= 0.6 is 0 Å². The fourth-order valence-corrected chi connectivity index (χ4v) is 2.65. The van der Waals surface area contributed by atoms with Crippen molar-refractivity contribution in [3.8, 4) is 0 Å². The Morgan fingerprint density at radius 2 is 1.85 bits per heavy atom. The molecule has 5 nitrogen and oxygen atoms in total. The van der Waals surface area contributed by atoms with E-state index in [1.54, 1.807) is 6.33 Å². The van der Waals surface area contributed by atoms with Gasteiger partial charge in [-0.05, 0) is 19.3 Å². The second-order valence-electron chi connectivity index (χ2n) is 5.60. The van der Waals surface area contributed by atoms with E-state index in [-0.39, 0.29) is 0 Å². The number of nitrogens with zero attached hydrogens (tertiary/aromatic N) is 2. The Bertz CT molecular complexity index is 399. The van der Waals surface area contributed by atoms with Crippen molar-refractivity contribution in [3.05, 3.63) is 6.33 Å². The molecule has 1 aromatic heterocycles. The minimum absolute atomic E-state index is 0.498. The van der Waals surface area contributed by atoms with E-state index >= 15 is 0 Å². The molecule has 1 aromatic rings. The zero-order chi connectivity index (χ0) is 14.2. The van der Waals surface area contributed by atoms with Gasteiger partial charge in [-0.2, -0.15) is 0 Å². The van der Waals surface area contributed by atoms with Crippen molar-refractivity contribution in [2.75, 3.05) is 22.9 Å². The van der Waals surface area contributed by atoms with Crippen LogP contribution in [0, 0.1) is 0 Å². The van der Waals surface area contributed by atoms with E-state index in [1.807, 2.05) is 0 Å². The summed E-state index contributed by atoms with van der Waals surface area (Å²) >= 11 is 0. The van der Waals surface area contributed by atoms with Gasteiger partial charge in [-0.1, -0.05) is 39.0 Å². The number of rotatable bonds is 6. The molecule has 112 valence electrons. The number of aromatic nitrogens is 2. The lowest BCUT2D eigenvalue weighted by molar-refractivity contribution is 0.618. The second-order valence-corrected chi connectivity index (χ2v) is 5.60. The van der Waals surface area contributed by atoms with E-state index in [4.69, 9.17) is 5.73 Å². The number of hydrogen-bond acceptors (Lipinski definition) is 5. The smallest absolute Gasteiger partial charge is 0.155 e. The van der Waals surface area contributed by atoms with E-state index in [9.17, 15) is 0 Å². The molecule has 2 rings (SSSR count). The standard InChI is InChI=1S/C15H27N5/c1-2-3-10-17-14-13(16)15(19-11-18-14)20-12-8-6-4-5-7-9-12/h11-12H,2-10,16H2,1H3,(H2,17,18,19,20). The van der Waals surface area contributed by atoms with E-state index in [0.717, 1.165) is 31.0 Å². The highest BCUT2D eigenvalue weighted by Crippen LogP contribution is 2.26. The van der Waals surface area contributed by atoms with Gasteiger partial charge in [0, 0.05) is 12.6 Å². The average molecular weight is 277 g/mol. The van der Waals surface area contributed by atoms with Gasteiger partial charge in [-0.15, -0.1) is 0 Å². The topological polar surface area (TPSA) is 75.9 Å². The number of nitrogens with one attached hydrogen (secondary N) is 2. The first-order valence-electron chi connectivity index (χ1n) is 7.92. The van der Waals surface area contributed by atoms with Gasteiger partial charge in [0.2, 0.25) is 0 Å². The van der Waals surface area contributed by atoms with E-state index in [1.165, 1.54) is 38.5 Å². The molecule has 0 unspecified atom stereocenters. The molecule has 1 saturated carbocycles. The molecule has 0 aromatic carbocycles.